The summed E-state index contributed by atoms with van der Waals surface area (Å²) in [6.45, 7) is 6.07. The van der Waals surface area contributed by atoms with E-state index in [-0.39, 0.29) is 5.75 Å². The predicted octanol–water partition coefficient (Wildman–Crippen LogP) is 6.43. The fraction of sp³-hybridized carbons (Fsp3) is 0.535. The van der Waals surface area contributed by atoms with Crippen LogP contribution in [-0.2, 0) is 56.4 Å². The molecule has 0 saturated carbocycles. The molecule has 15 nitrogen and oxygen atoms in total. The largest absolute Gasteiger partial charge is 0.384 e. The molecule has 4 aromatic heterocycles. The second-order valence-corrected chi connectivity index (χ2v) is 18.1. The Labute approximate surface area is 357 Å². The zero-order chi connectivity index (χ0) is 42.9. The van der Waals surface area contributed by atoms with Crippen molar-refractivity contribution in [3.63, 3.8) is 0 Å². The van der Waals surface area contributed by atoms with Crippen LogP contribution in [0.4, 0.5) is 11.6 Å². The minimum atomic E-state index is -3.21. The number of pyridine rings is 2. The van der Waals surface area contributed by atoms with Gasteiger partial charge in [-0.1, -0.05) is 75.4 Å². The average molecular weight is 865 g/mol. The van der Waals surface area contributed by atoms with Crippen molar-refractivity contribution in [1.82, 2.24) is 38.5 Å². The molecule has 0 aliphatic carbocycles. The third kappa shape index (κ3) is 12.9. The van der Waals surface area contributed by atoms with Crippen LogP contribution in [0.15, 0.2) is 48.5 Å². The molecule has 0 saturated heterocycles. The van der Waals surface area contributed by atoms with E-state index in [9.17, 15) is 12.6 Å². The highest BCUT2D eigenvalue weighted by Crippen LogP contribution is 2.31. The van der Waals surface area contributed by atoms with Crippen molar-refractivity contribution in [1.29, 1.82) is 0 Å². The maximum Gasteiger partial charge on any atom is 0.211 e. The maximum absolute atomic E-state index is 12.3. The molecule has 328 valence electrons. The van der Waals surface area contributed by atoms with Crippen LogP contribution in [0.5, 0.6) is 0 Å². The molecule has 0 fully saturated rings. The number of hydrogen-bond donors (Lipinski definition) is 4. The molecule has 0 aliphatic heterocycles. The fourth-order valence-corrected chi connectivity index (χ4v) is 9.05. The SMILES string of the molecule is CCCCCCCCS(=O)(=O)NCCCCn1c(CCOC)nc2c(N)nc3ccccc3c21.COCCc1nc2c(N)nc3ccccc3c2n1CCCCNS(C)=O. The van der Waals surface area contributed by atoms with E-state index in [1.165, 1.54) is 19.3 Å². The van der Waals surface area contributed by atoms with Gasteiger partial charge in [-0.15, -0.1) is 0 Å². The number of methoxy groups -OCH3 is 2. The number of benzene rings is 2. The highest BCUT2D eigenvalue weighted by molar-refractivity contribution is 7.89. The van der Waals surface area contributed by atoms with Gasteiger partial charge >= 0.3 is 0 Å². The first-order chi connectivity index (χ1) is 29.1. The molecule has 1 atom stereocenters. The molecule has 6 rings (SSSR count). The lowest BCUT2D eigenvalue weighted by molar-refractivity contribution is 0.199. The Bertz CT molecular complexity index is 2420. The van der Waals surface area contributed by atoms with Gasteiger partial charge in [-0.2, -0.15) is 0 Å². The second kappa shape index (κ2) is 23.7. The maximum atomic E-state index is 12.3. The van der Waals surface area contributed by atoms with Crippen LogP contribution in [0.2, 0.25) is 0 Å². The first-order valence-corrected chi connectivity index (χ1v) is 24.4. The summed E-state index contributed by atoms with van der Waals surface area (Å²) in [4.78, 5) is 18.5. The molecule has 0 radical (unpaired) electrons. The van der Waals surface area contributed by atoms with E-state index in [0.29, 0.717) is 43.3 Å². The van der Waals surface area contributed by atoms with E-state index >= 15 is 0 Å². The third-order valence-electron chi connectivity index (χ3n) is 10.4. The van der Waals surface area contributed by atoms with Crippen molar-refractivity contribution in [3.05, 3.63) is 60.2 Å². The first-order valence-electron chi connectivity index (χ1n) is 21.2. The molecule has 6 aromatic rings. The Kier molecular flexibility index (Phi) is 18.5. The van der Waals surface area contributed by atoms with Crippen LogP contribution < -0.4 is 20.9 Å². The van der Waals surface area contributed by atoms with Crippen molar-refractivity contribution in [2.24, 2.45) is 0 Å². The van der Waals surface area contributed by atoms with Crippen molar-refractivity contribution in [2.75, 3.05) is 64.0 Å². The van der Waals surface area contributed by atoms with Crippen molar-refractivity contribution >= 4 is 76.5 Å². The van der Waals surface area contributed by atoms with Gasteiger partial charge in [-0.05, 0) is 44.2 Å². The van der Waals surface area contributed by atoms with E-state index in [2.05, 4.69) is 41.5 Å². The number of ether oxygens (including phenoxy) is 2. The lowest BCUT2D eigenvalue weighted by atomic mass is 10.1. The number of imidazole rings is 2. The van der Waals surface area contributed by atoms with Gasteiger partial charge in [0.15, 0.2) is 11.6 Å². The number of anilines is 2. The lowest BCUT2D eigenvalue weighted by Crippen LogP contribution is -2.27. The molecular formula is C43H64N10O5S2. The molecule has 1 unspecified atom stereocenters. The van der Waals surface area contributed by atoms with Gasteiger partial charge in [0.25, 0.3) is 0 Å². The average Bonchev–Trinajstić information content (AvgIpc) is 3.79. The van der Waals surface area contributed by atoms with Crippen LogP contribution >= 0.6 is 0 Å². The zero-order valence-electron chi connectivity index (χ0n) is 35.7. The molecule has 6 N–H and O–H groups in total. The van der Waals surface area contributed by atoms with Gasteiger partial charge < -0.3 is 30.1 Å². The standard InChI is InChI=1S/C25H39N5O3S.C18H25N5O2S/c1-3-4-5-6-7-12-19-34(31,32)27-16-10-11-17-30-22(15-18-33-2)29-23-24(30)20-13-8-9-14-21(20)28-25(23)26;1-25-12-9-15-22-16-17(23(15)11-6-5-10-20-26(2)24)13-7-3-4-8-14(13)21-18(16)19/h8-9,13-14,27H,3-7,10-12,15-19H2,1-2H3,(H2,26,28);3-4,7-8,20H,5-6,9-12H2,1-2H3,(H2,19,21). The van der Waals surface area contributed by atoms with E-state index < -0.39 is 21.0 Å². The first kappa shape index (κ1) is 46.8. The number of nitrogens with one attached hydrogen (secondary N) is 2. The smallest absolute Gasteiger partial charge is 0.211 e. The molecular weight excluding hydrogens is 801 g/mol. The number of fused-ring (bicyclic) bond motifs is 6. The minimum Gasteiger partial charge on any atom is -0.384 e. The van der Waals surface area contributed by atoms with E-state index in [4.69, 9.17) is 30.9 Å². The van der Waals surface area contributed by atoms with E-state index in [0.717, 1.165) is 121 Å². The number of nitrogen functional groups attached to an aromatic ring is 2. The normalized spacial score (nSPS) is 12.5. The molecule has 0 spiro atoms. The number of aromatic nitrogens is 6. The number of para-hydroxylation sites is 2. The quantitative estimate of drug-likeness (QED) is 0.0461. The van der Waals surface area contributed by atoms with Crippen LogP contribution in [0, 0.1) is 0 Å². The summed E-state index contributed by atoms with van der Waals surface area (Å²) in [5, 5.41) is 2.07. The summed E-state index contributed by atoms with van der Waals surface area (Å²) in [5.74, 6) is 2.96. The van der Waals surface area contributed by atoms with Gasteiger partial charge in [-0.25, -0.2) is 42.0 Å². The third-order valence-corrected chi connectivity index (χ3v) is 12.5. The fourth-order valence-electron chi connectivity index (χ4n) is 7.44. The van der Waals surface area contributed by atoms with Crippen LogP contribution in [-0.4, -0.2) is 94.2 Å². The van der Waals surface area contributed by atoms with E-state index in [1.807, 2.05) is 42.5 Å². The van der Waals surface area contributed by atoms with Crippen molar-refractivity contribution in [3.8, 4) is 0 Å². The number of nitrogens with zero attached hydrogens (tertiary/aromatic N) is 6. The number of nitrogens with two attached hydrogens (primary N) is 2. The lowest BCUT2D eigenvalue weighted by Gasteiger charge is -2.11. The molecule has 0 bridgehead atoms. The summed E-state index contributed by atoms with van der Waals surface area (Å²) in [5.41, 5.74) is 17.6. The molecule has 60 heavy (non-hydrogen) atoms. The van der Waals surface area contributed by atoms with Crippen LogP contribution in [0.1, 0.15) is 82.8 Å². The second-order valence-electron chi connectivity index (χ2n) is 15.0. The predicted molar refractivity (Wildman–Crippen MR) is 246 cm³/mol. The van der Waals surface area contributed by atoms with Gasteiger partial charge in [0.1, 0.15) is 22.7 Å². The Morgan fingerprint density at radius 3 is 1.65 bits per heavy atom. The van der Waals surface area contributed by atoms with Crippen LogP contribution in [0.25, 0.3) is 43.9 Å². The highest BCUT2D eigenvalue weighted by atomic mass is 32.2. The number of sulfonamides is 1. The van der Waals surface area contributed by atoms with Gasteiger partial charge in [0, 0.05) is 70.3 Å². The monoisotopic (exact) mass is 864 g/mol. The number of rotatable bonds is 25. The number of unbranched alkanes of at least 4 members (excludes halogenated alkanes) is 7. The molecule has 2 aromatic carbocycles. The topological polar surface area (TPSA) is 207 Å². The summed E-state index contributed by atoms with van der Waals surface area (Å²) < 4.78 is 56.3. The van der Waals surface area contributed by atoms with Gasteiger partial charge in [0.05, 0.1) is 52.0 Å². The number of hydrogen-bond acceptors (Lipinski definition) is 11. The zero-order valence-corrected chi connectivity index (χ0v) is 37.4. The molecule has 0 amide bonds. The summed E-state index contributed by atoms with van der Waals surface area (Å²) in [7, 11) is -0.812. The van der Waals surface area contributed by atoms with Crippen LogP contribution in [0.3, 0.4) is 0 Å². The Balaban J connectivity index is 0.000000236. The van der Waals surface area contributed by atoms with Gasteiger partial charge in [0.2, 0.25) is 10.0 Å². The van der Waals surface area contributed by atoms with E-state index in [1.54, 1.807) is 20.5 Å². The summed E-state index contributed by atoms with van der Waals surface area (Å²) >= 11 is 0. The molecule has 17 heteroatoms. The Morgan fingerprint density at radius 1 is 0.667 bits per heavy atom. The summed E-state index contributed by atoms with van der Waals surface area (Å²) in [6.07, 6.45) is 12.9. The van der Waals surface area contributed by atoms with Crippen molar-refractivity contribution in [2.45, 2.75) is 97.1 Å². The Morgan fingerprint density at radius 2 is 1.15 bits per heavy atom. The highest BCUT2D eigenvalue weighted by Gasteiger charge is 2.19. The summed E-state index contributed by atoms with van der Waals surface area (Å²) in [6, 6.07) is 15.9. The van der Waals surface area contributed by atoms with Crippen molar-refractivity contribution < 1.29 is 22.1 Å². The van der Waals surface area contributed by atoms with Gasteiger partial charge in [-0.3, -0.25) is 0 Å². The molecule has 0 aliphatic rings. The number of aryl methyl sites for hydroxylation is 2. The molecule has 4 heterocycles. The minimum absolute atomic E-state index is 0.213. The Hall–Kier alpha value is -4.26.